The van der Waals surface area contributed by atoms with E-state index in [2.05, 4.69) is 16.7 Å². The molecule has 1 amide bonds. The summed E-state index contributed by atoms with van der Waals surface area (Å²) in [6.45, 7) is 6.48. The van der Waals surface area contributed by atoms with Crippen LogP contribution in [0.2, 0.25) is 0 Å². The van der Waals surface area contributed by atoms with Crippen molar-refractivity contribution < 1.29 is 9.53 Å². The maximum atomic E-state index is 12.4. The number of ether oxygens (including phenoxy) is 1. The van der Waals surface area contributed by atoms with E-state index < -0.39 is 0 Å². The fraction of sp³-hybridized carbons (Fsp3) is 0.929. The lowest BCUT2D eigenvalue weighted by Gasteiger charge is -2.38. The largest absolute Gasteiger partial charge is 0.374 e. The SMILES string of the molecule is CCC1CCCCN1C(=O)CN1CCOC(CN)C1.Cl. The highest BCUT2D eigenvalue weighted by Crippen LogP contribution is 2.20. The van der Waals surface area contributed by atoms with Gasteiger partial charge in [-0.3, -0.25) is 9.69 Å². The van der Waals surface area contributed by atoms with Gasteiger partial charge in [-0.25, -0.2) is 0 Å². The average molecular weight is 306 g/mol. The standard InChI is InChI=1S/C14H27N3O2.ClH/c1-2-12-5-3-4-6-17(12)14(18)11-16-7-8-19-13(9-15)10-16;/h12-13H,2-11,15H2,1H3;1H. The molecule has 0 aliphatic carbocycles. The summed E-state index contributed by atoms with van der Waals surface area (Å²) in [7, 11) is 0. The van der Waals surface area contributed by atoms with Gasteiger partial charge in [0, 0.05) is 32.2 Å². The first-order valence-electron chi connectivity index (χ1n) is 7.58. The number of hydrogen-bond acceptors (Lipinski definition) is 4. The molecule has 2 unspecified atom stereocenters. The van der Waals surface area contributed by atoms with Crippen LogP contribution in [0.25, 0.3) is 0 Å². The molecule has 0 aromatic heterocycles. The molecule has 2 aliphatic rings. The summed E-state index contributed by atoms with van der Waals surface area (Å²) in [5.41, 5.74) is 5.64. The van der Waals surface area contributed by atoms with Crippen LogP contribution in [0.15, 0.2) is 0 Å². The summed E-state index contributed by atoms with van der Waals surface area (Å²) in [6, 6.07) is 0.451. The fourth-order valence-corrected chi connectivity index (χ4v) is 3.10. The molecule has 20 heavy (non-hydrogen) atoms. The number of likely N-dealkylation sites (tertiary alicyclic amines) is 1. The normalized spacial score (nSPS) is 28.0. The van der Waals surface area contributed by atoms with Gasteiger partial charge in [0.05, 0.1) is 19.3 Å². The number of carbonyl (C=O) groups is 1. The lowest BCUT2D eigenvalue weighted by atomic mass is 10.00. The van der Waals surface area contributed by atoms with Crippen molar-refractivity contribution in [1.29, 1.82) is 0 Å². The van der Waals surface area contributed by atoms with Crippen LogP contribution >= 0.6 is 12.4 Å². The number of amides is 1. The van der Waals surface area contributed by atoms with Crippen LogP contribution in [-0.2, 0) is 9.53 Å². The van der Waals surface area contributed by atoms with Gasteiger partial charge in [0.1, 0.15) is 0 Å². The Morgan fingerprint density at radius 3 is 2.85 bits per heavy atom. The molecule has 2 aliphatic heterocycles. The van der Waals surface area contributed by atoms with Gasteiger partial charge in [-0.2, -0.15) is 0 Å². The fourth-order valence-electron chi connectivity index (χ4n) is 3.10. The number of halogens is 1. The van der Waals surface area contributed by atoms with E-state index in [1.807, 2.05) is 0 Å². The van der Waals surface area contributed by atoms with Gasteiger partial charge in [0.25, 0.3) is 0 Å². The van der Waals surface area contributed by atoms with Crippen LogP contribution in [0, 0.1) is 0 Å². The summed E-state index contributed by atoms with van der Waals surface area (Å²) < 4.78 is 5.54. The predicted molar refractivity (Wildman–Crippen MR) is 82.1 cm³/mol. The van der Waals surface area contributed by atoms with E-state index in [0.717, 1.165) is 38.9 Å². The zero-order chi connectivity index (χ0) is 13.7. The number of nitrogens with two attached hydrogens (primary N) is 1. The first-order chi connectivity index (χ1) is 9.24. The molecule has 0 aromatic rings. The zero-order valence-corrected chi connectivity index (χ0v) is 13.2. The Morgan fingerprint density at radius 2 is 2.15 bits per heavy atom. The summed E-state index contributed by atoms with van der Waals surface area (Å²) in [5, 5.41) is 0. The first-order valence-corrected chi connectivity index (χ1v) is 7.58. The third-order valence-corrected chi connectivity index (χ3v) is 4.26. The minimum Gasteiger partial charge on any atom is -0.374 e. The monoisotopic (exact) mass is 305 g/mol. The molecule has 0 aromatic carbocycles. The molecule has 6 heteroatoms. The Hall–Kier alpha value is -0.360. The average Bonchev–Trinajstić information content (AvgIpc) is 2.47. The van der Waals surface area contributed by atoms with Crippen molar-refractivity contribution in [1.82, 2.24) is 9.80 Å². The lowest BCUT2D eigenvalue weighted by molar-refractivity contribution is -0.138. The van der Waals surface area contributed by atoms with Crippen LogP contribution in [-0.4, -0.2) is 67.2 Å². The molecular weight excluding hydrogens is 278 g/mol. The van der Waals surface area contributed by atoms with Gasteiger partial charge < -0.3 is 15.4 Å². The molecule has 2 rings (SSSR count). The van der Waals surface area contributed by atoms with Crippen molar-refractivity contribution in [2.75, 3.05) is 39.3 Å². The van der Waals surface area contributed by atoms with Crippen LogP contribution in [0.5, 0.6) is 0 Å². The van der Waals surface area contributed by atoms with Crippen LogP contribution in [0.1, 0.15) is 32.6 Å². The lowest BCUT2D eigenvalue weighted by Crippen LogP contribution is -2.52. The highest BCUT2D eigenvalue weighted by Gasteiger charge is 2.28. The minimum absolute atomic E-state index is 0. The van der Waals surface area contributed by atoms with Crippen molar-refractivity contribution in [2.24, 2.45) is 5.73 Å². The first kappa shape index (κ1) is 17.7. The smallest absolute Gasteiger partial charge is 0.236 e. The van der Waals surface area contributed by atoms with Crippen molar-refractivity contribution in [3.63, 3.8) is 0 Å². The Kier molecular flexibility index (Phi) is 7.80. The Balaban J connectivity index is 0.00000200. The van der Waals surface area contributed by atoms with E-state index in [0.29, 0.717) is 25.7 Å². The highest BCUT2D eigenvalue weighted by molar-refractivity contribution is 5.85. The third-order valence-electron chi connectivity index (χ3n) is 4.26. The second-order valence-corrected chi connectivity index (χ2v) is 5.61. The zero-order valence-electron chi connectivity index (χ0n) is 12.4. The van der Waals surface area contributed by atoms with E-state index >= 15 is 0 Å². The number of rotatable bonds is 4. The molecule has 2 N–H and O–H groups in total. The number of hydrogen-bond donors (Lipinski definition) is 1. The molecule has 2 fully saturated rings. The topological polar surface area (TPSA) is 58.8 Å². The van der Waals surface area contributed by atoms with E-state index in [-0.39, 0.29) is 24.4 Å². The van der Waals surface area contributed by atoms with Crippen molar-refractivity contribution >= 4 is 18.3 Å². The van der Waals surface area contributed by atoms with E-state index in [4.69, 9.17) is 10.5 Å². The molecule has 0 bridgehead atoms. The van der Waals surface area contributed by atoms with Gasteiger partial charge in [0.15, 0.2) is 0 Å². The van der Waals surface area contributed by atoms with E-state index in [1.165, 1.54) is 6.42 Å². The predicted octanol–water partition coefficient (Wildman–Crippen LogP) is 0.859. The Labute approximate surface area is 128 Å². The second-order valence-electron chi connectivity index (χ2n) is 5.61. The molecule has 2 atom stereocenters. The summed E-state index contributed by atoms with van der Waals surface area (Å²) in [4.78, 5) is 16.7. The molecular formula is C14H28ClN3O2. The molecule has 5 nitrogen and oxygen atoms in total. The summed E-state index contributed by atoms with van der Waals surface area (Å²) in [5.74, 6) is 0.282. The van der Waals surface area contributed by atoms with E-state index in [9.17, 15) is 4.79 Å². The van der Waals surface area contributed by atoms with Crippen LogP contribution in [0.3, 0.4) is 0 Å². The van der Waals surface area contributed by atoms with Crippen LogP contribution in [0.4, 0.5) is 0 Å². The van der Waals surface area contributed by atoms with Crippen molar-refractivity contribution in [2.45, 2.75) is 44.8 Å². The van der Waals surface area contributed by atoms with Crippen LogP contribution < -0.4 is 5.73 Å². The molecule has 0 radical (unpaired) electrons. The maximum absolute atomic E-state index is 12.4. The highest BCUT2D eigenvalue weighted by atomic mass is 35.5. The van der Waals surface area contributed by atoms with E-state index in [1.54, 1.807) is 0 Å². The van der Waals surface area contributed by atoms with Gasteiger partial charge in [0.2, 0.25) is 5.91 Å². The van der Waals surface area contributed by atoms with Gasteiger partial charge in [-0.15, -0.1) is 12.4 Å². The second kappa shape index (κ2) is 8.82. The van der Waals surface area contributed by atoms with Gasteiger partial charge in [-0.1, -0.05) is 6.92 Å². The van der Waals surface area contributed by atoms with Gasteiger partial charge >= 0.3 is 0 Å². The Morgan fingerprint density at radius 1 is 1.35 bits per heavy atom. The summed E-state index contributed by atoms with van der Waals surface area (Å²) in [6.07, 6.45) is 4.73. The summed E-state index contributed by atoms with van der Waals surface area (Å²) >= 11 is 0. The quantitative estimate of drug-likeness (QED) is 0.837. The number of morpholine rings is 1. The number of piperidine rings is 1. The molecule has 2 heterocycles. The molecule has 2 saturated heterocycles. The number of nitrogens with zero attached hydrogens (tertiary/aromatic N) is 2. The number of carbonyl (C=O) groups excluding carboxylic acids is 1. The molecule has 118 valence electrons. The molecule has 0 saturated carbocycles. The maximum Gasteiger partial charge on any atom is 0.236 e. The third kappa shape index (κ3) is 4.58. The van der Waals surface area contributed by atoms with Gasteiger partial charge in [-0.05, 0) is 25.7 Å². The Bertz CT molecular complexity index is 304. The molecule has 0 spiro atoms. The van der Waals surface area contributed by atoms with Crippen molar-refractivity contribution in [3.8, 4) is 0 Å². The van der Waals surface area contributed by atoms with Crippen molar-refractivity contribution in [3.05, 3.63) is 0 Å². The minimum atomic E-state index is 0.